The van der Waals surface area contributed by atoms with Crippen LogP contribution in [0.15, 0.2) is 4.42 Å². The minimum atomic E-state index is -3.33. The van der Waals surface area contributed by atoms with Crippen LogP contribution in [-0.4, -0.2) is 37.1 Å². The van der Waals surface area contributed by atoms with Crippen LogP contribution in [0.3, 0.4) is 0 Å². The SMILES string of the molecule is O=S(=O)(NCc1nnc(C2CC2)o1)C1CCOCC1. The molecule has 1 saturated carbocycles. The Labute approximate surface area is 111 Å². The average Bonchev–Trinajstić information content (AvgIpc) is 3.17. The maximum atomic E-state index is 12.1. The highest BCUT2D eigenvalue weighted by Crippen LogP contribution is 2.38. The van der Waals surface area contributed by atoms with E-state index < -0.39 is 10.0 Å². The van der Waals surface area contributed by atoms with Crippen molar-refractivity contribution in [2.45, 2.75) is 43.4 Å². The Morgan fingerprint density at radius 3 is 2.58 bits per heavy atom. The van der Waals surface area contributed by atoms with E-state index in [1.165, 1.54) is 0 Å². The molecule has 3 rings (SSSR count). The summed E-state index contributed by atoms with van der Waals surface area (Å²) in [4.78, 5) is 0. The van der Waals surface area contributed by atoms with Crippen molar-refractivity contribution in [2.75, 3.05) is 13.2 Å². The molecule has 1 N–H and O–H groups in total. The fourth-order valence-electron chi connectivity index (χ4n) is 2.10. The van der Waals surface area contributed by atoms with E-state index in [2.05, 4.69) is 14.9 Å². The van der Waals surface area contributed by atoms with Crippen LogP contribution in [0.4, 0.5) is 0 Å². The van der Waals surface area contributed by atoms with Gasteiger partial charge >= 0.3 is 0 Å². The van der Waals surface area contributed by atoms with Gasteiger partial charge in [-0.05, 0) is 25.7 Å². The second-order valence-corrected chi connectivity index (χ2v) is 7.03. The first kappa shape index (κ1) is 13.0. The van der Waals surface area contributed by atoms with Gasteiger partial charge in [0.1, 0.15) is 0 Å². The van der Waals surface area contributed by atoms with Gasteiger partial charge in [0.25, 0.3) is 0 Å². The normalized spacial score (nSPS) is 21.7. The molecule has 2 aliphatic rings. The van der Waals surface area contributed by atoms with E-state index in [1.807, 2.05) is 0 Å². The molecule has 0 bridgehead atoms. The highest BCUT2D eigenvalue weighted by molar-refractivity contribution is 7.90. The lowest BCUT2D eigenvalue weighted by molar-refractivity contribution is 0.0981. The van der Waals surface area contributed by atoms with Gasteiger partial charge in [-0.1, -0.05) is 0 Å². The van der Waals surface area contributed by atoms with Crippen LogP contribution in [0, 0.1) is 0 Å². The van der Waals surface area contributed by atoms with Crippen LogP contribution < -0.4 is 4.72 Å². The van der Waals surface area contributed by atoms with E-state index in [4.69, 9.17) is 9.15 Å². The van der Waals surface area contributed by atoms with Gasteiger partial charge in [-0.15, -0.1) is 10.2 Å². The summed E-state index contributed by atoms with van der Waals surface area (Å²) in [6, 6.07) is 0. The van der Waals surface area contributed by atoms with Crippen molar-refractivity contribution < 1.29 is 17.6 Å². The van der Waals surface area contributed by atoms with Crippen molar-refractivity contribution in [2.24, 2.45) is 0 Å². The Morgan fingerprint density at radius 2 is 1.89 bits per heavy atom. The van der Waals surface area contributed by atoms with E-state index >= 15 is 0 Å². The zero-order valence-corrected chi connectivity index (χ0v) is 11.4. The van der Waals surface area contributed by atoms with Gasteiger partial charge in [0.15, 0.2) is 0 Å². The Hall–Kier alpha value is -0.990. The summed E-state index contributed by atoms with van der Waals surface area (Å²) >= 11 is 0. The highest BCUT2D eigenvalue weighted by atomic mass is 32.2. The van der Waals surface area contributed by atoms with Gasteiger partial charge in [0.05, 0.1) is 11.8 Å². The summed E-state index contributed by atoms with van der Waals surface area (Å²) in [7, 11) is -3.33. The first-order valence-electron chi connectivity index (χ1n) is 6.53. The Bertz CT molecular complexity index is 532. The highest BCUT2D eigenvalue weighted by Gasteiger charge is 2.30. The average molecular weight is 287 g/mol. The number of ether oxygens (including phenoxy) is 1. The second kappa shape index (κ2) is 5.18. The number of hydrogen-bond donors (Lipinski definition) is 1. The van der Waals surface area contributed by atoms with E-state index in [9.17, 15) is 8.42 Å². The molecule has 1 aliphatic heterocycles. The van der Waals surface area contributed by atoms with Crippen LogP contribution in [0.25, 0.3) is 0 Å². The van der Waals surface area contributed by atoms with Crippen LogP contribution >= 0.6 is 0 Å². The van der Waals surface area contributed by atoms with E-state index in [1.54, 1.807) is 0 Å². The summed E-state index contributed by atoms with van der Waals surface area (Å²) in [5, 5.41) is 7.39. The molecule has 0 amide bonds. The molecule has 0 aromatic carbocycles. The second-order valence-electron chi connectivity index (χ2n) is 4.99. The number of hydrogen-bond acceptors (Lipinski definition) is 6. The molecule has 1 aliphatic carbocycles. The van der Waals surface area contributed by atoms with E-state index in [0.717, 1.165) is 12.8 Å². The summed E-state index contributed by atoms with van der Waals surface area (Å²) in [6.07, 6.45) is 3.23. The molecule has 1 aromatic heterocycles. The van der Waals surface area contributed by atoms with Gasteiger partial charge in [0, 0.05) is 19.1 Å². The zero-order chi connectivity index (χ0) is 13.3. The third-order valence-electron chi connectivity index (χ3n) is 3.44. The maximum Gasteiger partial charge on any atom is 0.231 e. The number of nitrogens with one attached hydrogen (secondary N) is 1. The van der Waals surface area contributed by atoms with Crippen molar-refractivity contribution in [1.29, 1.82) is 0 Å². The van der Waals surface area contributed by atoms with Gasteiger partial charge in [-0.3, -0.25) is 0 Å². The first-order chi connectivity index (χ1) is 9.15. The van der Waals surface area contributed by atoms with Crippen molar-refractivity contribution >= 4 is 10.0 Å². The number of aromatic nitrogens is 2. The standard InChI is InChI=1S/C11H17N3O4S/c15-19(16,9-3-5-17-6-4-9)12-7-10-13-14-11(18-10)8-1-2-8/h8-9,12H,1-7H2. The molecule has 1 aromatic rings. The van der Waals surface area contributed by atoms with Crippen molar-refractivity contribution in [3.05, 3.63) is 11.8 Å². The lowest BCUT2D eigenvalue weighted by Gasteiger charge is -2.21. The summed E-state index contributed by atoms with van der Waals surface area (Å²) in [5.41, 5.74) is 0. The third kappa shape index (κ3) is 3.13. The molecular weight excluding hydrogens is 270 g/mol. The number of nitrogens with zero attached hydrogens (tertiary/aromatic N) is 2. The predicted molar refractivity (Wildman–Crippen MR) is 65.9 cm³/mol. The topological polar surface area (TPSA) is 94.3 Å². The molecule has 0 unspecified atom stereocenters. The molecule has 2 heterocycles. The van der Waals surface area contributed by atoms with Crippen LogP contribution in [0.2, 0.25) is 0 Å². The van der Waals surface area contributed by atoms with Crippen molar-refractivity contribution in [3.63, 3.8) is 0 Å². The molecule has 0 radical (unpaired) electrons. The number of sulfonamides is 1. The van der Waals surface area contributed by atoms with Crippen LogP contribution in [0.1, 0.15) is 43.4 Å². The fourth-order valence-corrected chi connectivity index (χ4v) is 3.47. The maximum absolute atomic E-state index is 12.1. The minimum Gasteiger partial charge on any atom is -0.424 e. The molecule has 19 heavy (non-hydrogen) atoms. The van der Waals surface area contributed by atoms with E-state index in [-0.39, 0.29) is 11.8 Å². The zero-order valence-electron chi connectivity index (χ0n) is 10.5. The molecule has 106 valence electrons. The summed E-state index contributed by atoms with van der Waals surface area (Å²) in [6.45, 7) is 1.06. The fraction of sp³-hybridized carbons (Fsp3) is 0.818. The number of rotatable bonds is 5. The molecule has 0 atom stereocenters. The monoisotopic (exact) mass is 287 g/mol. The molecule has 2 fully saturated rings. The predicted octanol–water partition coefficient (Wildman–Crippen LogP) is 0.545. The van der Waals surface area contributed by atoms with Crippen molar-refractivity contribution in [3.8, 4) is 0 Å². The van der Waals surface area contributed by atoms with Gasteiger partial charge in [0.2, 0.25) is 21.8 Å². The molecule has 8 heteroatoms. The lowest BCUT2D eigenvalue weighted by Crippen LogP contribution is -2.37. The van der Waals surface area contributed by atoms with Crippen LogP contribution in [0.5, 0.6) is 0 Å². The van der Waals surface area contributed by atoms with Crippen LogP contribution in [-0.2, 0) is 21.3 Å². The Morgan fingerprint density at radius 1 is 1.16 bits per heavy atom. The third-order valence-corrected chi connectivity index (χ3v) is 5.34. The van der Waals surface area contributed by atoms with Gasteiger partial charge < -0.3 is 9.15 Å². The smallest absolute Gasteiger partial charge is 0.231 e. The van der Waals surface area contributed by atoms with Crippen molar-refractivity contribution in [1.82, 2.24) is 14.9 Å². The quantitative estimate of drug-likeness (QED) is 0.849. The van der Waals surface area contributed by atoms with Gasteiger partial charge in [-0.25, -0.2) is 13.1 Å². The first-order valence-corrected chi connectivity index (χ1v) is 8.08. The molecule has 0 spiro atoms. The van der Waals surface area contributed by atoms with E-state index in [0.29, 0.717) is 43.8 Å². The lowest BCUT2D eigenvalue weighted by atomic mass is 10.2. The summed E-state index contributed by atoms with van der Waals surface area (Å²) in [5.74, 6) is 1.34. The molecule has 1 saturated heterocycles. The molecular formula is C11H17N3O4S. The Kier molecular flexibility index (Phi) is 3.55. The summed E-state index contributed by atoms with van der Waals surface area (Å²) < 4.78 is 37.2. The molecule has 7 nitrogen and oxygen atoms in total. The van der Waals surface area contributed by atoms with Gasteiger partial charge in [-0.2, -0.15) is 0 Å². The largest absolute Gasteiger partial charge is 0.424 e. The Balaban J connectivity index is 1.57. The minimum absolute atomic E-state index is 0.0689.